The monoisotopic (exact) mass is 262 g/mol. The standard InChI is InChI=1S/C15H26N4/c1-5-16-12(3)14-7-6-8-19(10-14)15-9-11(2)17-13(4)18-15/h9,12,14,16H,5-8,10H2,1-4H3. The van der Waals surface area contributed by atoms with Gasteiger partial charge in [0.2, 0.25) is 0 Å². The molecule has 0 bridgehead atoms. The number of nitrogens with one attached hydrogen (secondary N) is 1. The third kappa shape index (κ3) is 3.66. The molecule has 0 saturated carbocycles. The Morgan fingerprint density at radius 2 is 2.21 bits per heavy atom. The second kappa shape index (κ2) is 6.33. The molecular formula is C15H26N4. The third-order valence-corrected chi connectivity index (χ3v) is 3.97. The van der Waals surface area contributed by atoms with E-state index in [4.69, 9.17) is 0 Å². The van der Waals surface area contributed by atoms with Gasteiger partial charge in [-0.05, 0) is 46.1 Å². The van der Waals surface area contributed by atoms with Gasteiger partial charge in [-0.1, -0.05) is 6.92 Å². The van der Waals surface area contributed by atoms with Gasteiger partial charge in [-0.3, -0.25) is 0 Å². The maximum absolute atomic E-state index is 4.59. The number of hydrogen-bond acceptors (Lipinski definition) is 4. The van der Waals surface area contributed by atoms with Crippen molar-refractivity contribution in [3.05, 3.63) is 17.6 Å². The van der Waals surface area contributed by atoms with Gasteiger partial charge in [-0.25, -0.2) is 9.97 Å². The maximum Gasteiger partial charge on any atom is 0.132 e. The van der Waals surface area contributed by atoms with Crippen molar-refractivity contribution in [2.75, 3.05) is 24.5 Å². The van der Waals surface area contributed by atoms with E-state index in [9.17, 15) is 0 Å². The number of aryl methyl sites for hydroxylation is 2. The van der Waals surface area contributed by atoms with Gasteiger partial charge in [0.15, 0.2) is 0 Å². The molecule has 1 aliphatic heterocycles. The lowest BCUT2D eigenvalue weighted by molar-refractivity contribution is 0.323. The molecule has 2 heterocycles. The van der Waals surface area contributed by atoms with Gasteiger partial charge in [-0.2, -0.15) is 0 Å². The van der Waals surface area contributed by atoms with Gasteiger partial charge < -0.3 is 10.2 Å². The SMILES string of the molecule is CCNC(C)C1CCCN(c2cc(C)nc(C)n2)C1. The summed E-state index contributed by atoms with van der Waals surface area (Å²) in [6, 6.07) is 2.68. The Morgan fingerprint density at radius 3 is 2.89 bits per heavy atom. The van der Waals surface area contributed by atoms with E-state index in [-0.39, 0.29) is 0 Å². The number of aromatic nitrogens is 2. The summed E-state index contributed by atoms with van der Waals surface area (Å²) in [5.41, 5.74) is 1.06. The van der Waals surface area contributed by atoms with E-state index >= 15 is 0 Å². The maximum atomic E-state index is 4.59. The fourth-order valence-electron chi connectivity index (χ4n) is 2.97. The van der Waals surface area contributed by atoms with Crippen LogP contribution in [-0.2, 0) is 0 Å². The zero-order valence-electron chi connectivity index (χ0n) is 12.6. The summed E-state index contributed by atoms with van der Waals surface area (Å²) in [6.07, 6.45) is 2.57. The second-order valence-corrected chi connectivity index (χ2v) is 5.61. The molecule has 1 fully saturated rings. The van der Waals surface area contributed by atoms with Crippen LogP contribution in [0.15, 0.2) is 6.07 Å². The van der Waals surface area contributed by atoms with Crippen LogP contribution in [0.4, 0.5) is 5.82 Å². The van der Waals surface area contributed by atoms with Crippen LogP contribution in [0, 0.1) is 19.8 Å². The molecule has 1 aromatic rings. The van der Waals surface area contributed by atoms with Crippen molar-refractivity contribution in [3.8, 4) is 0 Å². The first kappa shape index (κ1) is 14.3. The third-order valence-electron chi connectivity index (χ3n) is 3.97. The molecule has 0 spiro atoms. The van der Waals surface area contributed by atoms with E-state index in [0.717, 1.165) is 37.0 Å². The highest BCUT2D eigenvalue weighted by Crippen LogP contribution is 2.24. The number of anilines is 1. The number of rotatable bonds is 4. The smallest absolute Gasteiger partial charge is 0.132 e. The van der Waals surface area contributed by atoms with Gasteiger partial charge in [0.05, 0.1) is 0 Å². The van der Waals surface area contributed by atoms with E-state index in [1.807, 2.05) is 13.8 Å². The van der Waals surface area contributed by atoms with Crippen molar-refractivity contribution in [1.29, 1.82) is 0 Å². The first-order valence-corrected chi connectivity index (χ1v) is 7.40. The normalized spacial score (nSPS) is 21.5. The Hall–Kier alpha value is -1.16. The van der Waals surface area contributed by atoms with E-state index in [1.54, 1.807) is 0 Å². The molecule has 2 unspecified atom stereocenters. The molecule has 0 amide bonds. The Kier molecular flexibility index (Phi) is 4.75. The molecule has 0 aromatic carbocycles. The van der Waals surface area contributed by atoms with Crippen molar-refractivity contribution in [3.63, 3.8) is 0 Å². The topological polar surface area (TPSA) is 41.0 Å². The number of nitrogens with zero attached hydrogens (tertiary/aromatic N) is 3. The summed E-state index contributed by atoms with van der Waals surface area (Å²) in [5.74, 6) is 2.68. The Labute approximate surface area is 116 Å². The summed E-state index contributed by atoms with van der Waals surface area (Å²) >= 11 is 0. The molecule has 4 heteroatoms. The van der Waals surface area contributed by atoms with Crippen LogP contribution in [0.1, 0.15) is 38.2 Å². The molecule has 106 valence electrons. The number of hydrogen-bond donors (Lipinski definition) is 1. The zero-order chi connectivity index (χ0) is 13.8. The molecule has 1 aliphatic rings. The van der Waals surface area contributed by atoms with Crippen LogP contribution < -0.4 is 10.2 Å². The minimum absolute atomic E-state index is 0.580. The minimum Gasteiger partial charge on any atom is -0.356 e. The molecule has 0 aliphatic carbocycles. The van der Waals surface area contributed by atoms with E-state index in [1.165, 1.54) is 12.8 Å². The highest BCUT2D eigenvalue weighted by molar-refractivity contribution is 5.40. The summed E-state index contributed by atoms with van der Waals surface area (Å²) in [5, 5.41) is 3.55. The van der Waals surface area contributed by atoms with Gasteiger partial charge in [0, 0.05) is 30.9 Å². The first-order chi connectivity index (χ1) is 9.10. The van der Waals surface area contributed by atoms with E-state index < -0.39 is 0 Å². The molecule has 2 rings (SSSR count). The van der Waals surface area contributed by atoms with Crippen LogP contribution >= 0.6 is 0 Å². The largest absolute Gasteiger partial charge is 0.356 e. The van der Waals surface area contributed by atoms with Crippen LogP contribution in [0.2, 0.25) is 0 Å². The summed E-state index contributed by atoms with van der Waals surface area (Å²) in [7, 11) is 0. The number of piperidine rings is 1. The predicted octanol–water partition coefficient (Wildman–Crippen LogP) is 2.31. The summed E-state index contributed by atoms with van der Waals surface area (Å²) in [4.78, 5) is 11.4. The van der Waals surface area contributed by atoms with E-state index in [2.05, 4.69) is 40.1 Å². The van der Waals surface area contributed by atoms with Crippen LogP contribution in [0.3, 0.4) is 0 Å². The second-order valence-electron chi connectivity index (χ2n) is 5.61. The highest BCUT2D eigenvalue weighted by Gasteiger charge is 2.25. The minimum atomic E-state index is 0.580. The van der Waals surface area contributed by atoms with Crippen molar-refractivity contribution in [1.82, 2.24) is 15.3 Å². The van der Waals surface area contributed by atoms with Crippen LogP contribution in [0.5, 0.6) is 0 Å². The fraction of sp³-hybridized carbons (Fsp3) is 0.733. The Balaban J connectivity index is 2.08. The molecule has 1 saturated heterocycles. The van der Waals surface area contributed by atoms with Crippen LogP contribution in [-0.4, -0.2) is 35.6 Å². The van der Waals surface area contributed by atoms with Crippen molar-refractivity contribution < 1.29 is 0 Å². The lowest BCUT2D eigenvalue weighted by Crippen LogP contribution is -2.44. The molecule has 19 heavy (non-hydrogen) atoms. The zero-order valence-corrected chi connectivity index (χ0v) is 12.6. The van der Waals surface area contributed by atoms with Gasteiger partial charge in [-0.15, -0.1) is 0 Å². The average molecular weight is 262 g/mol. The summed E-state index contributed by atoms with van der Waals surface area (Å²) < 4.78 is 0. The fourth-order valence-corrected chi connectivity index (χ4v) is 2.97. The van der Waals surface area contributed by atoms with E-state index in [0.29, 0.717) is 12.0 Å². The lowest BCUT2D eigenvalue weighted by Gasteiger charge is -2.36. The Morgan fingerprint density at radius 1 is 1.42 bits per heavy atom. The molecule has 1 aromatic heterocycles. The molecular weight excluding hydrogens is 236 g/mol. The van der Waals surface area contributed by atoms with Gasteiger partial charge >= 0.3 is 0 Å². The van der Waals surface area contributed by atoms with Crippen molar-refractivity contribution >= 4 is 5.82 Å². The first-order valence-electron chi connectivity index (χ1n) is 7.40. The average Bonchev–Trinajstić information content (AvgIpc) is 2.38. The lowest BCUT2D eigenvalue weighted by atomic mass is 9.91. The van der Waals surface area contributed by atoms with Crippen molar-refractivity contribution in [2.45, 2.75) is 46.6 Å². The predicted molar refractivity (Wildman–Crippen MR) is 79.6 cm³/mol. The molecule has 4 nitrogen and oxygen atoms in total. The quantitative estimate of drug-likeness (QED) is 0.904. The molecule has 1 N–H and O–H groups in total. The van der Waals surface area contributed by atoms with Crippen LogP contribution in [0.25, 0.3) is 0 Å². The molecule has 0 radical (unpaired) electrons. The van der Waals surface area contributed by atoms with Crippen molar-refractivity contribution in [2.24, 2.45) is 5.92 Å². The Bertz CT molecular complexity index is 398. The molecule has 2 atom stereocenters. The summed E-state index contributed by atoms with van der Waals surface area (Å²) in [6.45, 7) is 11.8. The van der Waals surface area contributed by atoms with Gasteiger partial charge in [0.1, 0.15) is 11.6 Å². The van der Waals surface area contributed by atoms with Gasteiger partial charge in [0.25, 0.3) is 0 Å². The highest BCUT2D eigenvalue weighted by atomic mass is 15.2.